The third kappa shape index (κ3) is 2.68. The van der Waals surface area contributed by atoms with E-state index in [2.05, 4.69) is 4.98 Å². The van der Waals surface area contributed by atoms with E-state index in [9.17, 15) is 18.3 Å². The normalized spacial score (nSPS) is 11.3. The number of aromatic nitrogens is 2. The van der Waals surface area contributed by atoms with Gasteiger partial charge in [0, 0.05) is 26.0 Å². The van der Waals surface area contributed by atoms with Gasteiger partial charge in [0.1, 0.15) is 0 Å². The summed E-state index contributed by atoms with van der Waals surface area (Å²) < 4.78 is 27.2. The van der Waals surface area contributed by atoms with Crippen LogP contribution >= 0.6 is 0 Å². The molecule has 8 nitrogen and oxygen atoms in total. The van der Waals surface area contributed by atoms with Crippen molar-refractivity contribution in [2.75, 3.05) is 17.1 Å². The Morgan fingerprint density at radius 2 is 2.10 bits per heavy atom. The number of benzene rings is 1. The Labute approximate surface area is 121 Å². The maximum absolute atomic E-state index is 12.4. The molecule has 0 atom stereocenters. The standard InChI is InChI=1S/C12H14N4O4S/c1-15-6-11(14-7-15)21(19,20)16(2)10-4-3-8(13)5-9(10)12(17)18/h3-7H,13H2,1-2H3,(H,17,18). The first kappa shape index (κ1) is 14.9. The third-order valence-corrected chi connectivity index (χ3v) is 4.55. The summed E-state index contributed by atoms with van der Waals surface area (Å²) in [6.07, 6.45) is 2.69. The lowest BCUT2D eigenvalue weighted by molar-refractivity contribution is 0.0698. The molecular formula is C12H14N4O4S. The Hall–Kier alpha value is -2.55. The third-order valence-electron chi connectivity index (χ3n) is 2.90. The maximum Gasteiger partial charge on any atom is 0.337 e. The first-order valence-corrected chi connectivity index (χ1v) is 7.27. The number of rotatable bonds is 4. The summed E-state index contributed by atoms with van der Waals surface area (Å²) in [5.41, 5.74) is 5.60. The van der Waals surface area contributed by atoms with Crippen LogP contribution in [0.3, 0.4) is 0 Å². The predicted molar refractivity (Wildman–Crippen MR) is 76.6 cm³/mol. The van der Waals surface area contributed by atoms with E-state index in [1.54, 1.807) is 7.05 Å². The van der Waals surface area contributed by atoms with Crippen molar-refractivity contribution in [1.29, 1.82) is 0 Å². The molecule has 1 aromatic heterocycles. The van der Waals surface area contributed by atoms with Gasteiger partial charge in [0.2, 0.25) is 0 Å². The molecule has 1 heterocycles. The van der Waals surface area contributed by atoms with Crippen LogP contribution in [-0.2, 0) is 17.1 Å². The zero-order chi connectivity index (χ0) is 15.8. The minimum atomic E-state index is -3.94. The van der Waals surface area contributed by atoms with E-state index in [1.165, 1.54) is 42.3 Å². The van der Waals surface area contributed by atoms with Gasteiger partial charge in [0.25, 0.3) is 10.0 Å². The van der Waals surface area contributed by atoms with Crippen molar-refractivity contribution in [2.45, 2.75) is 5.03 Å². The van der Waals surface area contributed by atoms with E-state index >= 15 is 0 Å². The van der Waals surface area contributed by atoms with Crippen LogP contribution in [0, 0.1) is 0 Å². The lowest BCUT2D eigenvalue weighted by atomic mass is 10.1. The largest absolute Gasteiger partial charge is 0.478 e. The molecule has 0 amide bonds. The van der Waals surface area contributed by atoms with Gasteiger partial charge >= 0.3 is 5.97 Å². The zero-order valence-electron chi connectivity index (χ0n) is 11.4. The Morgan fingerprint density at radius 3 is 2.62 bits per heavy atom. The lowest BCUT2D eigenvalue weighted by Gasteiger charge is -2.20. The highest BCUT2D eigenvalue weighted by atomic mass is 32.2. The summed E-state index contributed by atoms with van der Waals surface area (Å²) in [7, 11) is -1.04. The zero-order valence-corrected chi connectivity index (χ0v) is 12.2. The molecule has 0 aliphatic rings. The number of nitrogen functional groups attached to an aromatic ring is 1. The quantitative estimate of drug-likeness (QED) is 0.795. The highest BCUT2D eigenvalue weighted by Gasteiger charge is 2.27. The first-order valence-electron chi connectivity index (χ1n) is 5.83. The van der Waals surface area contributed by atoms with Gasteiger partial charge in [-0.3, -0.25) is 4.31 Å². The van der Waals surface area contributed by atoms with Crippen molar-refractivity contribution in [1.82, 2.24) is 9.55 Å². The number of nitrogens with two attached hydrogens (primary N) is 1. The minimum absolute atomic E-state index is 0.0161. The summed E-state index contributed by atoms with van der Waals surface area (Å²) in [4.78, 5) is 15.0. The molecule has 112 valence electrons. The van der Waals surface area contributed by atoms with Gasteiger partial charge in [0.15, 0.2) is 5.03 Å². The van der Waals surface area contributed by atoms with Crippen LogP contribution in [0.2, 0.25) is 0 Å². The van der Waals surface area contributed by atoms with E-state index in [-0.39, 0.29) is 22.0 Å². The number of imidazole rings is 1. The van der Waals surface area contributed by atoms with Crippen molar-refractivity contribution in [3.8, 4) is 0 Å². The monoisotopic (exact) mass is 310 g/mol. The molecule has 0 aliphatic carbocycles. The minimum Gasteiger partial charge on any atom is -0.478 e. The molecule has 0 radical (unpaired) electrons. The molecule has 9 heteroatoms. The molecule has 2 aromatic rings. The van der Waals surface area contributed by atoms with Gasteiger partial charge in [-0.25, -0.2) is 9.78 Å². The van der Waals surface area contributed by atoms with E-state index in [0.717, 1.165) is 4.31 Å². The average molecular weight is 310 g/mol. The molecule has 0 unspecified atom stereocenters. The predicted octanol–water partition coefficient (Wildman–Crippen LogP) is 0.526. The Kier molecular flexibility index (Phi) is 3.60. The molecule has 0 aliphatic heterocycles. The topological polar surface area (TPSA) is 119 Å². The summed E-state index contributed by atoms with van der Waals surface area (Å²) in [5, 5.41) is 9.02. The van der Waals surface area contributed by atoms with Crippen molar-refractivity contribution in [2.24, 2.45) is 7.05 Å². The summed E-state index contributed by atoms with van der Waals surface area (Å²) in [6.45, 7) is 0. The van der Waals surface area contributed by atoms with Gasteiger partial charge in [0.05, 0.1) is 17.6 Å². The van der Waals surface area contributed by atoms with Gasteiger partial charge in [-0.1, -0.05) is 0 Å². The van der Waals surface area contributed by atoms with Crippen molar-refractivity contribution >= 4 is 27.4 Å². The van der Waals surface area contributed by atoms with Crippen LogP contribution in [0.5, 0.6) is 0 Å². The number of sulfonamides is 1. The van der Waals surface area contributed by atoms with E-state index in [0.29, 0.717) is 0 Å². The first-order chi connectivity index (χ1) is 9.73. The van der Waals surface area contributed by atoms with Crippen LogP contribution in [0.25, 0.3) is 0 Å². The molecular weight excluding hydrogens is 296 g/mol. The lowest BCUT2D eigenvalue weighted by Crippen LogP contribution is -2.28. The van der Waals surface area contributed by atoms with Gasteiger partial charge in [-0.15, -0.1) is 0 Å². The number of carbonyl (C=O) groups is 1. The van der Waals surface area contributed by atoms with E-state index in [1.807, 2.05) is 0 Å². The van der Waals surface area contributed by atoms with Crippen LogP contribution in [-0.4, -0.2) is 36.1 Å². The fraction of sp³-hybridized carbons (Fsp3) is 0.167. The number of hydrogen-bond donors (Lipinski definition) is 2. The number of hydrogen-bond acceptors (Lipinski definition) is 5. The molecule has 0 saturated heterocycles. The second kappa shape index (κ2) is 5.09. The number of carboxylic acids is 1. The second-order valence-corrected chi connectivity index (χ2v) is 6.35. The second-order valence-electron chi connectivity index (χ2n) is 4.43. The number of aromatic carboxylic acids is 1. The summed E-state index contributed by atoms with van der Waals surface area (Å²) >= 11 is 0. The molecule has 0 bridgehead atoms. The van der Waals surface area contributed by atoms with Crippen molar-refractivity contribution < 1.29 is 18.3 Å². The summed E-state index contributed by atoms with van der Waals surface area (Å²) in [6, 6.07) is 3.99. The molecule has 1 aromatic carbocycles. The number of carboxylic acid groups (broad SMARTS) is 1. The fourth-order valence-electron chi connectivity index (χ4n) is 1.79. The SMILES string of the molecule is CN(c1ccc(N)cc1C(=O)O)S(=O)(=O)c1cn(C)cn1. The molecule has 0 spiro atoms. The van der Waals surface area contributed by atoms with E-state index in [4.69, 9.17) is 5.73 Å². The highest BCUT2D eigenvalue weighted by Crippen LogP contribution is 2.26. The molecule has 3 N–H and O–H groups in total. The Balaban J connectivity index is 2.54. The van der Waals surface area contributed by atoms with Crippen LogP contribution in [0.1, 0.15) is 10.4 Å². The van der Waals surface area contributed by atoms with Crippen LogP contribution in [0.15, 0.2) is 35.7 Å². The van der Waals surface area contributed by atoms with Crippen molar-refractivity contribution in [3.05, 3.63) is 36.3 Å². The van der Waals surface area contributed by atoms with Gasteiger partial charge < -0.3 is 15.4 Å². The molecule has 21 heavy (non-hydrogen) atoms. The Bertz CT molecular complexity index is 797. The van der Waals surface area contributed by atoms with E-state index < -0.39 is 16.0 Å². The highest BCUT2D eigenvalue weighted by molar-refractivity contribution is 7.92. The van der Waals surface area contributed by atoms with Gasteiger partial charge in [-0.05, 0) is 18.2 Å². The number of nitrogens with zero attached hydrogens (tertiary/aromatic N) is 3. The Morgan fingerprint density at radius 1 is 1.43 bits per heavy atom. The number of anilines is 2. The smallest absolute Gasteiger partial charge is 0.337 e. The van der Waals surface area contributed by atoms with Gasteiger partial charge in [-0.2, -0.15) is 8.42 Å². The molecule has 0 saturated carbocycles. The average Bonchev–Trinajstić information content (AvgIpc) is 2.85. The van der Waals surface area contributed by atoms with Crippen LogP contribution in [0.4, 0.5) is 11.4 Å². The fourth-order valence-corrected chi connectivity index (χ4v) is 2.97. The molecule has 0 fully saturated rings. The van der Waals surface area contributed by atoms with Crippen molar-refractivity contribution in [3.63, 3.8) is 0 Å². The van der Waals surface area contributed by atoms with Crippen LogP contribution < -0.4 is 10.0 Å². The maximum atomic E-state index is 12.4. The molecule has 2 rings (SSSR count). The number of aryl methyl sites for hydroxylation is 1. The summed E-state index contributed by atoms with van der Waals surface area (Å²) in [5.74, 6) is -1.26.